The van der Waals surface area contributed by atoms with Crippen LogP contribution in [0.15, 0.2) is 66.0 Å². The van der Waals surface area contributed by atoms with Gasteiger partial charge in [-0.1, -0.05) is 18.2 Å². The second-order valence-electron chi connectivity index (χ2n) is 7.18. The summed E-state index contributed by atoms with van der Waals surface area (Å²) in [6.07, 6.45) is 3.86. The fourth-order valence-electron chi connectivity index (χ4n) is 4.38. The predicted octanol–water partition coefficient (Wildman–Crippen LogP) is 4.71. The fraction of sp³-hybridized carbons (Fsp3) is 0.182. The van der Waals surface area contributed by atoms with Crippen molar-refractivity contribution in [2.75, 3.05) is 5.32 Å². The smallest absolute Gasteiger partial charge is 0.269 e. The molecule has 28 heavy (non-hydrogen) atoms. The van der Waals surface area contributed by atoms with Crippen molar-refractivity contribution in [1.82, 2.24) is 4.98 Å². The molecular formula is C22H17N3O3. The van der Waals surface area contributed by atoms with Gasteiger partial charge in [0.2, 0.25) is 0 Å². The van der Waals surface area contributed by atoms with Gasteiger partial charge in [0, 0.05) is 53.0 Å². The van der Waals surface area contributed by atoms with Crippen LogP contribution in [0.25, 0.3) is 10.9 Å². The van der Waals surface area contributed by atoms with Crippen molar-refractivity contribution in [3.8, 4) is 0 Å². The summed E-state index contributed by atoms with van der Waals surface area (Å²) in [4.78, 5) is 28.3. The van der Waals surface area contributed by atoms with E-state index in [0.717, 1.165) is 51.8 Å². The van der Waals surface area contributed by atoms with Crippen molar-refractivity contribution < 1.29 is 9.72 Å². The molecule has 0 saturated heterocycles. The third-order valence-corrected chi connectivity index (χ3v) is 5.56. The van der Waals surface area contributed by atoms with Crippen LogP contribution < -0.4 is 5.32 Å². The number of benzene rings is 2. The molecule has 138 valence electrons. The molecule has 0 unspecified atom stereocenters. The summed E-state index contributed by atoms with van der Waals surface area (Å²) in [6, 6.07) is 14.4. The number of nitro groups is 1. The van der Waals surface area contributed by atoms with Gasteiger partial charge >= 0.3 is 0 Å². The molecule has 0 spiro atoms. The lowest BCUT2D eigenvalue weighted by Gasteiger charge is -2.34. The van der Waals surface area contributed by atoms with Gasteiger partial charge in [-0.15, -0.1) is 0 Å². The van der Waals surface area contributed by atoms with Crippen molar-refractivity contribution in [3.05, 3.63) is 87.2 Å². The highest BCUT2D eigenvalue weighted by Gasteiger charge is 2.36. The number of aromatic nitrogens is 1. The number of ketones is 1. The Bertz CT molecular complexity index is 1180. The van der Waals surface area contributed by atoms with E-state index < -0.39 is 4.92 Å². The van der Waals surface area contributed by atoms with E-state index in [1.807, 2.05) is 30.3 Å². The molecule has 2 heterocycles. The topological polar surface area (TPSA) is 85.1 Å². The third-order valence-electron chi connectivity index (χ3n) is 5.56. The van der Waals surface area contributed by atoms with E-state index in [1.54, 1.807) is 18.3 Å². The van der Waals surface area contributed by atoms with Crippen LogP contribution in [0.2, 0.25) is 0 Å². The van der Waals surface area contributed by atoms with Crippen molar-refractivity contribution in [1.29, 1.82) is 0 Å². The molecule has 3 aromatic rings. The summed E-state index contributed by atoms with van der Waals surface area (Å²) in [5.74, 6) is -0.233. The van der Waals surface area contributed by atoms with Gasteiger partial charge in [-0.25, -0.2) is 0 Å². The van der Waals surface area contributed by atoms with Crippen LogP contribution in [0.4, 0.5) is 11.4 Å². The highest BCUT2D eigenvalue weighted by Crippen LogP contribution is 2.48. The zero-order valence-corrected chi connectivity index (χ0v) is 15.0. The molecule has 5 rings (SSSR count). The Kier molecular flexibility index (Phi) is 3.72. The van der Waals surface area contributed by atoms with E-state index in [2.05, 4.69) is 10.3 Å². The van der Waals surface area contributed by atoms with Gasteiger partial charge in [0.1, 0.15) is 0 Å². The molecule has 1 atom stereocenters. The molecule has 0 amide bonds. The maximum absolute atomic E-state index is 12.9. The van der Waals surface area contributed by atoms with E-state index in [4.69, 9.17) is 0 Å². The number of nitro benzene ring substituents is 1. The number of carbonyl (C=O) groups excluding carboxylic acids is 1. The second kappa shape index (κ2) is 6.27. The highest BCUT2D eigenvalue weighted by atomic mass is 16.6. The summed E-state index contributed by atoms with van der Waals surface area (Å²) in [5, 5.41) is 15.8. The lowest BCUT2D eigenvalue weighted by atomic mass is 9.74. The van der Waals surface area contributed by atoms with Crippen LogP contribution in [-0.4, -0.2) is 15.7 Å². The van der Waals surface area contributed by atoms with Gasteiger partial charge in [0.25, 0.3) is 5.69 Å². The summed E-state index contributed by atoms with van der Waals surface area (Å²) in [7, 11) is 0. The Hall–Kier alpha value is -3.54. The Morgan fingerprint density at radius 2 is 2.00 bits per heavy atom. The largest absolute Gasteiger partial charge is 0.358 e. The number of allylic oxidation sites excluding steroid dienone is 2. The summed E-state index contributed by atoms with van der Waals surface area (Å²) in [6.45, 7) is 0. The average Bonchev–Trinajstić information content (AvgIpc) is 2.72. The van der Waals surface area contributed by atoms with E-state index in [9.17, 15) is 14.9 Å². The van der Waals surface area contributed by atoms with E-state index in [-0.39, 0.29) is 17.4 Å². The molecule has 1 aliphatic heterocycles. The molecule has 6 heteroatoms. The monoisotopic (exact) mass is 371 g/mol. The summed E-state index contributed by atoms with van der Waals surface area (Å²) >= 11 is 0. The number of rotatable bonds is 2. The molecule has 0 radical (unpaired) electrons. The van der Waals surface area contributed by atoms with Gasteiger partial charge in [-0.05, 0) is 42.2 Å². The Morgan fingerprint density at radius 1 is 1.11 bits per heavy atom. The van der Waals surface area contributed by atoms with Crippen molar-refractivity contribution in [3.63, 3.8) is 0 Å². The number of anilines is 1. The first kappa shape index (κ1) is 16.6. The van der Waals surface area contributed by atoms with Crippen molar-refractivity contribution in [2.24, 2.45) is 0 Å². The fourth-order valence-corrected chi connectivity index (χ4v) is 4.38. The Labute approximate surface area is 161 Å². The number of non-ortho nitro benzene ring substituents is 1. The van der Waals surface area contributed by atoms with Gasteiger partial charge in [0.05, 0.1) is 10.4 Å². The van der Waals surface area contributed by atoms with Gasteiger partial charge in [0.15, 0.2) is 5.78 Å². The molecule has 2 aliphatic rings. The lowest BCUT2D eigenvalue weighted by molar-refractivity contribution is -0.384. The minimum Gasteiger partial charge on any atom is -0.358 e. The van der Waals surface area contributed by atoms with Crippen LogP contribution in [0.3, 0.4) is 0 Å². The first-order valence-corrected chi connectivity index (χ1v) is 9.29. The number of Topliss-reactive ketones (excluding diaryl/α,β-unsaturated/α-hetero) is 1. The first-order chi connectivity index (χ1) is 13.6. The normalized spacial score (nSPS) is 18.4. The van der Waals surface area contributed by atoms with Gasteiger partial charge in [-0.3, -0.25) is 19.9 Å². The molecule has 2 aromatic carbocycles. The zero-order chi connectivity index (χ0) is 19.3. The number of hydrogen-bond acceptors (Lipinski definition) is 5. The molecule has 0 saturated carbocycles. The minimum absolute atomic E-state index is 0.0290. The molecule has 1 aliphatic carbocycles. The van der Waals surface area contributed by atoms with Gasteiger partial charge in [-0.2, -0.15) is 0 Å². The molecule has 1 aromatic heterocycles. The molecule has 0 fully saturated rings. The van der Waals surface area contributed by atoms with E-state index >= 15 is 0 Å². The van der Waals surface area contributed by atoms with E-state index in [0.29, 0.717) is 6.42 Å². The van der Waals surface area contributed by atoms with Crippen LogP contribution in [0.5, 0.6) is 0 Å². The second-order valence-corrected chi connectivity index (χ2v) is 7.18. The number of hydrogen-bond donors (Lipinski definition) is 1. The zero-order valence-electron chi connectivity index (χ0n) is 15.0. The average molecular weight is 371 g/mol. The Balaban J connectivity index is 1.83. The van der Waals surface area contributed by atoms with E-state index in [1.165, 1.54) is 6.07 Å². The molecular weight excluding hydrogens is 354 g/mol. The molecule has 1 N–H and O–H groups in total. The van der Waals surface area contributed by atoms with Crippen LogP contribution in [0.1, 0.15) is 36.3 Å². The maximum Gasteiger partial charge on any atom is 0.269 e. The van der Waals surface area contributed by atoms with Crippen LogP contribution in [0, 0.1) is 10.1 Å². The number of nitrogens with zero attached hydrogens (tertiary/aromatic N) is 2. The summed E-state index contributed by atoms with van der Waals surface area (Å²) < 4.78 is 0. The Morgan fingerprint density at radius 3 is 2.86 bits per heavy atom. The minimum atomic E-state index is -0.395. The quantitative estimate of drug-likeness (QED) is 0.521. The maximum atomic E-state index is 12.9. The SMILES string of the molecule is O=C1CCCC2=C1[C@@H](c1cccc([N+](=O)[O-])c1)c1c(ccc3ncccc13)N2. The number of carbonyl (C=O) groups is 1. The number of pyridine rings is 1. The molecule has 0 bridgehead atoms. The number of nitrogens with one attached hydrogen (secondary N) is 1. The number of fused-ring (bicyclic) bond motifs is 3. The third kappa shape index (κ3) is 2.49. The van der Waals surface area contributed by atoms with Crippen LogP contribution >= 0.6 is 0 Å². The van der Waals surface area contributed by atoms with Crippen molar-refractivity contribution in [2.45, 2.75) is 25.2 Å². The van der Waals surface area contributed by atoms with Crippen molar-refractivity contribution >= 4 is 28.1 Å². The lowest BCUT2D eigenvalue weighted by Crippen LogP contribution is -2.27. The summed E-state index contributed by atoms with van der Waals surface area (Å²) in [5.41, 5.74) is 5.19. The predicted molar refractivity (Wildman–Crippen MR) is 106 cm³/mol. The molecule has 6 nitrogen and oxygen atoms in total. The first-order valence-electron chi connectivity index (χ1n) is 9.29. The standard InChI is InChI=1S/C22H17N3O3/c26-19-8-2-7-17-22(19)20(13-4-1-5-14(12-13)25(27)28)21-15-6-3-11-23-16(15)9-10-18(21)24-17/h1,3-6,9-12,20,24H,2,7-8H2/t20-/m0/s1. The van der Waals surface area contributed by atoms with Crippen LogP contribution in [-0.2, 0) is 4.79 Å². The van der Waals surface area contributed by atoms with Gasteiger partial charge < -0.3 is 5.32 Å². The highest BCUT2D eigenvalue weighted by molar-refractivity contribution is 6.03.